The monoisotopic (exact) mass is 600 g/mol. The first-order valence-corrected chi connectivity index (χ1v) is 9.77. The van der Waals surface area contributed by atoms with Gasteiger partial charge in [0.2, 0.25) is 0 Å². The van der Waals surface area contributed by atoms with E-state index in [0.29, 0.717) is 4.47 Å². The minimum Gasteiger partial charge on any atom is -0.296 e. The maximum atomic E-state index is 13.8. The number of aromatic nitrogens is 1. The SMILES string of the molecule is O=C(Nc1nc(-c2ccc(Br)cc2)cs1)C(F)(F)C(F)(F)C(F)(F)C(F)(F)C(F)(F)C(F)(F)F. The van der Waals surface area contributed by atoms with E-state index in [1.807, 2.05) is 0 Å². The molecule has 0 fully saturated rings. The highest BCUT2D eigenvalue weighted by atomic mass is 79.9. The normalized spacial score (nSPS) is 14.3. The van der Waals surface area contributed by atoms with Crippen LogP contribution in [0.3, 0.4) is 0 Å². The van der Waals surface area contributed by atoms with Crippen molar-refractivity contribution in [3.05, 3.63) is 34.1 Å². The second kappa shape index (κ2) is 8.53. The molecule has 18 heteroatoms. The Balaban J connectivity index is 2.36. The molecule has 3 nitrogen and oxygen atoms in total. The van der Waals surface area contributed by atoms with Crippen molar-refractivity contribution in [2.45, 2.75) is 35.8 Å². The molecule has 0 bridgehead atoms. The first kappa shape index (κ1) is 28.1. The van der Waals surface area contributed by atoms with Crippen LogP contribution in [0.4, 0.5) is 62.2 Å². The highest BCUT2D eigenvalue weighted by Crippen LogP contribution is 2.60. The van der Waals surface area contributed by atoms with Gasteiger partial charge in [0.1, 0.15) is 0 Å². The lowest BCUT2D eigenvalue weighted by Crippen LogP contribution is -2.71. The Morgan fingerprint density at radius 3 is 1.71 bits per heavy atom. The summed E-state index contributed by atoms with van der Waals surface area (Å²) in [5.74, 6) is -42.0. The van der Waals surface area contributed by atoms with Crippen LogP contribution in [0.15, 0.2) is 34.1 Å². The third kappa shape index (κ3) is 4.33. The molecule has 0 aliphatic rings. The summed E-state index contributed by atoms with van der Waals surface area (Å²) in [6.45, 7) is 0. The summed E-state index contributed by atoms with van der Waals surface area (Å²) in [6.07, 6.45) is -7.53. The van der Waals surface area contributed by atoms with Crippen LogP contribution in [0, 0.1) is 0 Å². The number of carbonyl (C=O) groups is 1. The summed E-state index contributed by atoms with van der Waals surface area (Å²) in [5.41, 5.74) is 0.238. The minimum absolute atomic E-state index is 0.0513. The average molecular weight is 601 g/mol. The van der Waals surface area contributed by atoms with Crippen molar-refractivity contribution in [1.29, 1.82) is 0 Å². The van der Waals surface area contributed by atoms with E-state index in [9.17, 15) is 61.9 Å². The second-order valence-electron chi connectivity index (χ2n) is 6.37. The molecular weight excluding hydrogens is 595 g/mol. The van der Waals surface area contributed by atoms with Crippen molar-refractivity contribution in [3.8, 4) is 11.3 Å². The Morgan fingerprint density at radius 2 is 1.24 bits per heavy atom. The number of hydrogen-bond donors (Lipinski definition) is 1. The molecule has 2 rings (SSSR count). The molecule has 0 spiro atoms. The van der Waals surface area contributed by atoms with Crippen LogP contribution < -0.4 is 5.32 Å². The van der Waals surface area contributed by atoms with Gasteiger partial charge in [0.15, 0.2) is 5.13 Å². The van der Waals surface area contributed by atoms with Crippen molar-refractivity contribution in [2.24, 2.45) is 0 Å². The summed E-state index contributed by atoms with van der Waals surface area (Å²) >= 11 is 3.38. The Labute approximate surface area is 192 Å². The van der Waals surface area contributed by atoms with Crippen molar-refractivity contribution in [2.75, 3.05) is 5.32 Å². The van der Waals surface area contributed by atoms with Gasteiger partial charge in [-0.1, -0.05) is 28.1 Å². The molecule has 0 radical (unpaired) electrons. The number of hydrogen-bond acceptors (Lipinski definition) is 3. The van der Waals surface area contributed by atoms with Gasteiger partial charge < -0.3 is 0 Å². The molecule has 1 aromatic carbocycles. The predicted octanol–water partition coefficient (Wildman–Crippen LogP) is 7.25. The molecule has 2 aromatic rings. The van der Waals surface area contributed by atoms with Gasteiger partial charge in [-0.25, -0.2) is 4.98 Å². The predicted molar refractivity (Wildman–Crippen MR) is 94.7 cm³/mol. The molecule has 0 saturated heterocycles. The van der Waals surface area contributed by atoms with Crippen LogP contribution in [0.5, 0.6) is 0 Å². The van der Waals surface area contributed by atoms with Crippen LogP contribution in [-0.4, -0.2) is 46.7 Å². The zero-order valence-corrected chi connectivity index (χ0v) is 17.8. The largest absolute Gasteiger partial charge is 0.460 e. The van der Waals surface area contributed by atoms with Crippen molar-refractivity contribution in [1.82, 2.24) is 4.98 Å². The van der Waals surface area contributed by atoms with Crippen LogP contribution in [0.1, 0.15) is 0 Å². The number of thiazole rings is 1. The van der Waals surface area contributed by atoms with E-state index in [4.69, 9.17) is 0 Å². The Hall–Kier alpha value is -2.11. The smallest absolute Gasteiger partial charge is 0.296 e. The fourth-order valence-corrected chi connectivity index (χ4v) is 3.15. The second-order valence-corrected chi connectivity index (χ2v) is 8.14. The van der Waals surface area contributed by atoms with Crippen molar-refractivity contribution in [3.63, 3.8) is 0 Å². The number of anilines is 1. The van der Waals surface area contributed by atoms with Crippen molar-refractivity contribution >= 4 is 38.3 Å². The number of carbonyl (C=O) groups excluding carboxylic acids is 1. The van der Waals surface area contributed by atoms with Gasteiger partial charge in [-0.05, 0) is 12.1 Å². The van der Waals surface area contributed by atoms with Gasteiger partial charge >= 0.3 is 41.7 Å². The van der Waals surface area contributed by atoms with E-state index in [1.54, 1.807) is 0 Å². The van der Waals surface area contributed by atoms with Gasteiger partial charge in [-0.15, -0.1) is 11.3 Å². The summed E-state index contributed by atoms with van der Waals surface area (Å²) in [5, 5.41) is 1.06. The highest BCUT2D eigenvalue weighted by Gasteiger charge is 2.91. The lowest BCUT2D eigenvalue weighted by molar-refractivity contribution is -0.435. The number of halogens is 14. The minimum atomic E-state index is -8.08. The van der Waals surface area contributed by atoms with E-state index >= 15 is 0 Å². The van der Waals surface area contributed by atoms with Gasteiger partial charge in [0, 0.05) is 15.4 Å². The van der Waals surface area contributed by atoms with Gasteiger partial charge in [-0.2, -0.15) is 57.1 Å². The molecule has 0 aliphatic carbocycles. The maximum absolute atomic E-state index is 13.8. The van der Waals surface area contributed by atoms with Gasteiger partial charge in [-0.3, -0.25) is 10.1 Å². The fourth-order valence-electron chi connectivity index (χ4n) is 2.17. The average Bonchev–Trinajstić information content (AvgIpc) is 3.15. The molecule has 1 N–H and O–H groups in total. The molecular formula is C16H6BrF13N2OS. The third-order valence-electron chi connectivity index (χ3n) is 4.08. The topological polar surface area (TPSA) is 42.0 Å². The summed E-state index contributed by atoms with van der Waals surface area (Å²) in [7, 11) is 0. The molecule has 1 heterocycles. The quantitative estimate of drug-likeness (QED) is 0.340. The van der Waals surface area contributed by atoms with Gasteiger partial charge in [0.25, 0.3) is 0 Å². The van der Waals surface area contributed by atoms with Crippen LogP contribution in [-0.2, 0) is 4.79 Å². The van der Waals surface area contributed by atoms with Crippen molar-refractivity contribution < 1.29 is 61.9 Å². The molecule has 1 amide bonds. The number of amides is 1. The molecule has 34 heavy (non-hydrogen) atoms. The third-order valence-corrected chi connectivity index (χ3v) is 5.37. The Bertz CT molecular complexity index is 1050. The summed E-state index contributed by atoms with van der Waals surface area (Å²) in [4.78, 5) is 15.0. The van der Waals surface area contributed by atoms with Crippen LogP contribution in [0.25, 0.3) is 11.3 Å². The Kier molecular flexibility index (Phi) is 7.05. The fraction of sp³-hybridized carbons (Fsp3) is 0.375. The number of rotatable bonds is 7. The highest BCUT2D eigenvalue weighted by molar-refractivity contribution is 9.10. The van der Waals surface area contributed by atoms with E-state index in [2.05, 4.69) is 20.9 Å². The van der Waals surface area contributed by atoms with Crippen LogP contribution in [0.2, 0.25) is 0 Å². The zero-order chi connectivity index (χ0) is 26.5. The van der Waals surface area contributed by atoms with E-state index < -0.39 is 46.8 Å². The van der Waals surface area contributed by atoms with E-state index in [1.165, 1.54) is 24.3 Å². The molecule has 0 saturated carbocycles. The van der Waals surface area contributed by atoms with Gasteiger partial charge in [0.05, 0.1) is 5.69 Å². The standard InChI is InChI=1S/C16H6BrF13N2OS/c17-7-3-1-6(2-4-7)8-5-34-10(31-8)32-9(33)11(18,19)12(20,21)13(22,23)14(24,25)15(26,27)16(28,29)30/h1-5H,(H,31,32,33). The zero-order valence-electron chi connectivity index (χ0n) is 15.4. The molecule has 0 atom stereocenters. The lowest BCUT2D eigenvalue weighted by Gasteiger charge is -2.39. The van der Waals surface area contributed by atoms with E-state index in [0.717, 1.165) is 10.7 Å². The van der Waals surface area contributed by atoms with E-state index in [-0.39, 0.29) is 22.6 Å². The van der Waals surface area contributed by atoms with Crippen LogP contribution >= 0.6 is 27.3 Å². The number of nitrogens with one attached hydrogen (secondary N) is 1. The lowest BCUT2D eigenvalue weighted by atomic mass is 9.93. The molecule has 190 valence electrons. The summed E-state index contributed by atoms with van der Waals surface area (Å²) < 4.78 is 171. The molecule has 0 aliphatic heterocycles. The summed E-state index contributed by atoms with van der Waals surface area (Å²) in [6, 6.07) is 5.80. The number of alkyl halides is 13. The first-order valence-electron chi connectivity index (χ1n) is 8.10. The number of benzene rings is 1. The first-order chi connectivity index (χ1) is 15.1. The molecule has 0 unspecified atom stereocenters. The number of nitrogens with zero attached hydrogens (tertiary/aromatic N) is 1. The Morgan fingerprint density at radius 1 is 0.765 bits per heavy atom. The maximum Gasteiger partial charge on any atom is 0.460 e. The molecule has 1 aromatic heterocycles.